The van der Waals surface area contributed by atoms with E-state index in [0.717, 1.165) is 114 Å². The van der Waals surface area contributed by atoms with Gasteiger partial charge in [0.1, 0.15) is 19.3 Å². The summed E-state index contributed by atoms with van der Waals surface area (Å²) in [6.45, 7) is 11.9. The Labute approximate surface area is 562 Å². The second kappa shape index (κ2) is 63.8. The Kier molecular flexibility index (Phi) is 62.4. The molecule has 3 N–H and O–H groups in total. The molecule has 0 aliphatic heterocycles. The second-order valence-corrected chi connectivity index (χ2v) is 30.4. The van der Waals surface area contributed by atoms with Gasteiger partial charge in [-0.05, 0) is 43.4 Å². The van der Waals surface area contributed by atoms with Gasteiger partial charge in [0.05, 0.1) is 26.4 Å². The van der Waals surface area contributed by atoms with Crippen molar-refractivity contribution in [1.82, 2.24) is 0 Å². The molecule has 17 nitrogen and oxygen atoms in total. The van der Waals surface area contributed by atoms with Crippen LogP contribution in [0.15, 0.2) is 0 Å². The van der Waals surface area contributed by atoms with E-state index in [1.165, 1.54) is 173 Å². The molecule has 0 amide bonds. The predicted octanol–water partition coefficient (Wildman–Crippen LogP) is 21.0. The highest BCUT2D eigenvalue weighted by Crippen LogP contribution is 2.45. The fraction of sp³-hybridized carbons (Fsp3) is 0.945. The molecular weight excluding hydrogens is 1210 g/mol. The van der Waals surface area contributed by atoms with Crippen molar-refractivity contribution in [3.63, 3.8) is 0 Å². The number of rotatable bonds is 71. The van der Waals surface area contributed by atoms with Gasteiger partial charge in [0.15, 0.2) is 12.2 Å². The zero-order valence-electron chi connectivity index (χ0n) is 60.0. The zero-order chi connectivity index (χ0) is 68.0. The predicted molar refractivity (Wildman–Crippen MR) is 372 cm³/mol. The van der Waals surface area contributed by atoms with Gasteiger partial charge in [-0.25, -0.2) is 9.13 Å². The highest BCUT2D eigenvalue weighted by atomic mass is 31.2. The summed E-state index contributed by atoms with van der Waals surface area (Å²) in [7, 11) is -9.90. The summed E-state index contributed by atoms with van der Waals surface area (Å²) >= 11 is 0. The number of hydrogen-bond donors (Lipinski definition) is 3. The third-order valence-electron chi connectivity index (χ3n) is 17.2. The number of aliphatic hydroxyl groups is 1. The Morgan fingerprint density at radius 1 is 0.315 bits per heavy atom. The highest BCUT2D eigenvalue weighted by Gasteiger charge is 2.30. The van der Waals surface area contributed by atoms with E-state index in [4.69, 9.17) is 37.0 Å². The van der Waals surface area contributed by atoms with Crippen molar-refractivity contribution in [2.24, 2.45) is 17.8 Å². The monoisotopic (exact) mass is 1350 g/mol. The largest absolute Gasteiger partial charge is 0.472 e. The lowest BCUT2D eigenvalue weighted by Crippen LogP contribution is -2.30. The number of unbranched alkanes of at least 4 members (excludes halogenated alkanes) is 38. The molecule has 0 saturated heterocycles. The zero-order valence-corrected chi connectivity index (χ0v) is 61.8. The molecule has 0 rings (SSSR count). The van der Waals surface area contributed by atoms with E-state index in [0.29, 0.717) is 25.7 Å². The molecule has 0 fully saturated rings. The lowest BCUT2D eigenvalue weighted by Gasteiger charge is -2.21. The third-order valence-corrected chi connectivity index (χ3v) is 19.1. The first-order chi connectivity index (χ1) is 44.3. The van der Waals surface area contributed by atoms with E-state index in [-0.39, 0.29) is 25.7 Å². The molecule has 92 heavy (non-hydrogen) atoms. The molecule has 19 heteroatoms. The minimum Gasteiger partial charge on any atom is -0.462 e. The van der Waals surface area contributed by atoms with Gasteiger partial charge in [-0.15, -0.1) is 0 Å². The Balaban J connectivity index is 5.21. The number of esters is 4. The average Bonchev–Trinajstić information content (AvgIpc) is 2.66. The normalized spacial score (nSPS) is 14.4. The van der Waals surface area contributed by atoms with Gasteiger partial charge in [-0.1, -0.05) is 318 Å². The standard InChI is InChI=1S/C73H142O17P2/c1-8-10-11-12-13-33-40-47-54-70(75)83-60-68(90-73(78)57-50-43-36-29-28-32-39-46-53-66(7)9-2)62-87-91(79,80)85-58-67(74)59-86-92(81,82)88-63-69(61-84-71(76)55-48-41-34-26-23-22-25-31-38-45-52-65(5)6)89-72(77)56-49-42-35-27-21-19-17-15-14-16-18-20-24-30-37-44-51-64(3)4/h64-69,74H,8-63H2,1-7H3,(H,79,80)(H,81,82)/t66?,67-,68+,69+/m0/s1. The lowest BCUT2D eigenvalue weighted by atomic mass is 9.99. The quantitative estimate of drug-likeness (QED) is 0.0222. The van der Waals surface area contributed by atoms with Crippen molar-refractivity contribution in [3.05, 3.63) is 0 Å². The summed E-state index contributed by atoms with van der Waals surface area (Å²) in [5.74, 6) is 0.212. The number of aliphatic hydroxyl groups excluding tert-OH is 1. The van der Waals surface area contributed by atoms with E-state index in [1.807, 2.05) is 0 Å². The maximum Gasteiger partial charge on any atom is 0.472 e. The number of phosphoric ester groups is 2. The van der Waals surface area contributed by atoms with Crippen LogP contribution in [0.5, 0.6) is 0 Å². The second-order valence-electron chi connectivity index (χ2n) is 27.5. The molecule has 0 saturated carbocycles. The average molecular weight is 1350 g/mol. The molecule has 0 aromatic rings. The van der Waals surface area contributed by atoms with Crippen LogP contribution in [0, 0.1) is 17.8 Å². The van der Waals surface area contributed by atoms with Crippen LogP contribution in [0.3, 0.4) is 0 Å². The fourth-order valence-electron chi connectivity index (χ4n) is 11.0. The Hall–Kier alpha value is -1.94. The molecule has 0 heterocycles. The van der Waals surface area contributed by atoms with Crippen LogP contribution in [0.1, 0.15) is 370 Å². The summed E-state index contributed by atoms with van der Waals surface area (Å²) < 4.78 is 68.3. The van der Waals surface area contributed by atoms with Gasteiger partial charge in [-0.3, -0.25) is 37.3 Å². The van der Waals surface area contributed by atoms with E-state index < -0.39 is 97.5 Å². The van der Waals surface area contributed by atoms with Gasteiger partial charge >= 0.3 is 39.5 Å². The molecule has 0 bridgehead atoms. The van der Waals surface area contributed by atoms with Crippen molar-refractivity contribution >= 4 is 39.5 Å². The molecule has 0 aromatic carbocycles. The first-order valence-electron chi connectivity index (χ1n) is 37.9. The molecule has 0 radical (unpaired) electrons. The topological polar surface area (TPSA) is 237 Å². The number of ether oxygens (including phenoxy) is 4. The number of phosphoric acid groups is 2. The molecule has 6 atom stereocenters. The maximum atomic E-state index is 13.1. The van der Waals surface area contributed by atoms with E-state index in [9.17, 15) is 43.2 Å². The van der Waals surface area contributed by atoms with Crippen LogP contribution in [0.25, 0.3) is 0 Å². The Bertz CT molecular complexity index is 1800. The number of carbonyl (C=O) groups is 4. The number of carbonyl (C=O) groups excluding carboxylic acids is 4. The molecule has 3 unspecified atom stereocenters. The summed E-state index contributed by atoms with van der Waals surface area (Å²) in [4.78, 5) is 72.6. The molecule has 0 aromatic heterocycles. The highest BCUT2D eigenvalue weighted by molar-refractivity contribution is 7.47. The van der Waals surface area contributed by atoms with Crippen LogP contribution < -0.4 is 0 Å². The van der Waals surface area contributed by atoms with Crippen LogP contribution in [-0.2, 0) is 65.4 Å². The van der Waals surface area contributed by atoms with Crippen LogP contribution in [0.4, 0.5) is 0 Å². The minimum atomic E-state index is -4.95. The van der Waals surface area contributed by atoms with Crippen molar-refractivity contribution in [2.45, 2.75) is 388 Å². The Morgan fingerprint density at radius 2 is 0.554 bits per heavy atom. The van der Waals surface area contributed by atoms with Crippen LogP contribution in [0.2, 0.25) is 0 Å². The smallest absolute Gasteiger partial charge is 0.462 e. The molecule has 0 spiro atoms. The molecule has 0 aliphatic rings. The van der Waals surface area contributed by atoms with E-state index >= 15 is 0 Å². The van der Waals surface area contributed by atoms with Crippen molar-refractivity contribution in [2.75, 3.05) is 39.6 Å². The summed E-state index contributed by atoms with van der Waals surface area (Å²) in [5, 5.41) is 10.6. The first kappa shape index (κ1) is 90.1. The molecule has 546 valence electrons. The van der Waals surface area contributed by atoms with Gasteiger partial charge < -0.3 is 33.8 Å². The van der Waals surface area contributed by atoms with Gasteiger partial charge in [0.2, 0.25) is 0 Å². The maximum absolute atomic E-state index is 13.1. The summed E-state index contributed by atoms with van der Waals surface area (Å²) in [6.07, 6.45) is 48.6. The van der Waals surface area contributed by atoms with Crippen LogP contribution >= 0.6 is 15.6 Å². The molecule has 0 aliphatic carbocycles. The van der Waals surface area contributed by atoms with E-state index in [1.54, 1.807) is 0 Å². The third kappa shape index (κ3) is 65.4. The van der Waals surface area contributed by atoms with Gasteiger partial charge in [-0.2, -0.15) is 0 Å². The van der Waals surface area contributed by atoms with Crippen molar-refractivity contribution in [3.8, 4) is 0 Å². The SMILES string of the molecule is CCCCCCCCCCC(=O)OC[C@H](COP(=O)(O)OC[C@H](O)COP(=O)(O)OC[C@@H](COC(=O)CCCCCCCCCCCCC(C)C)OC(=O)CCCCCCCCCCCCCCCCCCC(C)C)OC(=O)CCCCCCCCCCC(C)CC. The van der Waals surface area contributed by atoms with Crippen molar-refractivity contribution in [1.29, 1.82) is 0 Å². The fourth-order valence-corrected chi connectivity index (χ4v) is 12.6. The summed E-state index contributed by atoms with van der Waals surface area (Å²) in [5.41, 5.74) is 0. The lowest BCUT2D eigenvalue weighted by molar-refractivity contribution is -0.161. The summed E-state index contributed by atoms with van der Waals surface area (Å²) in [6, 6.07) is 0. The van der Waals surface area contributed by atoms with Gasteiger partial charge in [0.25, 0.3) is 0 Å². The molecular formula is C73H142O17P2. The minimum absolute atomic E-state index is 0.105. The Morgan fingerprint density at radius 3 is 0.826 bits per heavy atom. The number of hydrogen-bond acceptors (Lipinski definition) is 15. The van der Waals surface area contributed by atoms with Crippen molar-refractivity contribution < 1.29 is 80.2 Å². The van der Waals surface area contributed by atoms with Gasteiger partial charge in [0, 0.05) is 25.7 Å². The van der Waals surface area contributed by atoms with E-state index in [2.05, 4.69) is 48.5 Å². The first-order valence-corrected chi connectivity index (χ1v) is 40.9. The van der Waals surface area contributed by atoms with Crippen LogP contribution in [-0.4, -0.2) is 96.7 Å².